The van der Waals surface area contributed by atoms with Crippen molar-refractivity contribution >= 4 is 19.8 Å². The Hall–Kier alpha value is -2.81. The average molecular weight is 762 g/mol. The molecule has 0 saturated carbocycles. The number of carbonyl (C=O) groups excluding carboxylic acids is 2. The van der Waals surface area contributed by atoms with Crippen molar-refractivity contribution in [2.75, 3.05) is 26.4 Å². The molecule has 0 aromatic rings. The van der Waals surface area contributed by atoms with Crippen LogP contribution in [-0.4, -0.2) is 49.3 Å². The second kappa shape index (κ2) is 38.9. The number of nitrogens with two attached hydrogens (primary N) is 1. The second-order valence-electron chi connectivity index (χ2n) is 12.7. The van der Waals surface area contributed by atoms with Crippen LogP contribution in [0.5, 0.6) is 0 Å². The van der Waals surface area contributed by atoms with Crippen molar-refractivity contribution in [1.29, 1.82) is 0 Å². The summed E-state index contributed by atoms with van der Waals surface area (Å²) in [5.41, 5.74) is 5.33. The van der Waals surface area contributed by atoms with Crippen LogP contribution in [0.2, 0.25) is 0 Å². The van der Waals surface area contributed by atoms with Gasteiger partial charge >= 0.3 is 19.8 Å². The van der Waals surface area contributed by atoms with Crippen LogP contribution in [0.1, 0.15) is 142 Å². The van der Waals surface area contributed by atoms with Crippen molar-refractivity contribution in [3.05, 3.63) is 85.1 Å². The molecule has 0 amide bonds. The number of phosphoric ester groups is 1. The number of esters is 2. The predicted octanol–water partition coefficient (Wildman–Crippen LogP) is 11.3. The Labute approximate surface area is 322 Å². The number of hydrogen-bond acceptors (Lipinski definition) is 8. The highest BCUT2D eigenvalue weighted by Gasteiger charge is 2.25. The van der Waals surface area contributed by atoms with Crippen LogP contribution in [0.25, 0.3) is 0 Å². The van der Waals surface area contributed by atoms with Gasteiger partial charge < -0.3 is 20.1 Å². The van der Waals surface area contributed by atoms with Crippen LogP contribution >= 0.6 is 7.82 Å². The summed E-state index contributed by atoms with van der Waals surface area (Å²) < 4.78 is 32.7. The third-order valence-corrected chi connectivity index (χ3v) is 8.76. The minimum absolute atomic E-state index is 0.0418. The van der Waals surface area contributed by atoms with Gasteiger partial charge in [-0.15, -0.1) is 0 Å². The molecule has 0 bridgehead atoms. The van der Waals surface area contributed by atoms with Gasteiger partial charge in [0.1, 0.15) is 6.61 Å². The molecule has 302 valence electrons. The molecule has 0 heterocycles. The molecule has 0 rings (SSSR count). The topological polar surface area (TPSA) is 134 Å². The highest BCUT2D eigenvalue weighted by molar-refractivity contribution is 7.47. The summed E-state index contributed by atoms with van der Waals surface area (Å²) in [7, 11) is -4.39. The minimum Gasteiger partial charge on any atom is -0.462 e. The molecule has 0 fully saturated rings. The first-order valence-corrected chi connectivity index (χ1v) is 21.6. The average Bonchev–Trinajstić information content (AvgIpc) is 3.14. The molecule has 53 heavy (non-hydrogen) atoms. The number of unbranched alkanes of at least 4 members (excludes halogenated alkanes) is 9. The van der Waals surface area contributed by atoms with Gasteiger partial charge in [0.05, 0.1) is 13.2 Å². The Morgan fingerprint density at radius 1 is 0.566 bits per heavy atom. The van der Waals surface area contributed by atoms with E-state index < -0.39 is 32.5 Å². The van der Waals surface area contributed by atoms with Gasteiger partial charge in [-0.1, -0.05) is 131 Å². The van der Waals surface area contributed by atoms with Crippen LogP contribution in [0.3, 0.4) is 0 Å². The second-order valence-corrected chi connectivity index (χ2v) is 14.2. The van der Waals surface area contributed by atoms with E-state index in [4.69, 9.17) is 24.3 Å². The van der Waals surface area contributed by atoms with E-state index in [1.54, 1.807) is 0 Å². The summed E-state index contributed by atoms with van der Waals surface area (Å²) in [6.45, 7) is 3.43. The Bertz CT molecular complexity index is 1140. The number of hydrogen-bond donors (Lipinski definition) is 2. The van der Waals surface area contributed by atoms with Gasteiger partial charge in [-0.25, -0.2) is 4.57 Å². The summed E-state index contributed by atoms with van der Waals surface area (Å²) >= 11 is 0. The summed E-state index contributed by atoms with van der Waals surface area (Å²) in [6, 6.07) is 0. The molecule has 0 aromatic heterocycles. The van der Waals surface area contributed by atoms with Crippen molar-refractivity contribution in [2.45, 2.75) is 148 Å². The molecule has 2 unspecified atom stereocenters. The smallest absolute Gasteiger partial charge is 0.462 e. The Kier molecular flexibility index (Phi) is 36.8. The monoisotopic (exact) mass is 761 g/mol. The molecule has 0 saturated heterocycles. The van der Waals surface area contributed by atoms with Crippen molar-refractivity contribution in [1.82, 2.24) is 0 Å². The number of allylic oxidation sites excluding steroid dienone is 14. The lowest BCUT2D eigenvalue weighted by atomic mass is 10.1. The molecule has 2 atom stereocenters. The van der Waals surface area contributed by atoms with E-state index in [2.05, 4.69) is 98.9 Å². The van der Waals surface area contributed by atoms with Crippen molar-refractivity contribution in [2.24, 2.45) is 5.73 Å². The van der Waals surface area contributed by atoms with Gasteiger partial charge in [0, 0.05) is 19.4 Å². The fourth-order valence-electron chi connectivity index (χ4n) is 4.87. The third-order valence-electron chi connectivity index (χ3n) is 7.78. The maximum Gasteiger partial charge on any atom is 0.472 e. The van der Waals surface area contributed by atoms with Gasteiger partial charge in [-0.2, -0.15) is 0 Å². The molecule has 0 aliphatic heterocycles. The maximum atomic E-state index is 12.5. The SMILES string of the molecule is CCC=CCC=CCC=CCC=CCCCCCCC(=O)OCC(COP(=O)(O)OCCN)OC(=O)CCCCCCCC=CCC=CCC=CCC. The molecule has 9 nitrogen and oxygen atoms in total. The zero-order valence-electron chi connectivity index (χ0n) is 33.0. The predicted molar refractivity (Wildman–Crippen MR) is 219 cm³/mol. The lowest BCUT2D eigenvalue weighted by molar-refractivity contribution is -0.161. The fourth-order valence-corrected chi connectivity index (χ4v) is 5.64. The molecular weight excluding hydrogens is 689 g/mol. The third kappa shape index (κ3) is 38.7. The largest absolute Gasteiger partial charge is 0.472 e. The van der Waals surface area contributed by atoms with E-state index in [9.17, 15) is 19.0 Å². The van der Waals surface area contributed by atoms with Crippen LogP contribution in [0.15, 0.2) is 85.1 Å². The number of ether oxygens (including phenoxy) is 2. The Balaban J connectivity index is 4.29. The molecular formula is C43H72NO8P. The van der Waals surface area contributed by atoms with Crippen LogP contribution in [0, 0.1) is 0 Å². The van der Waals surface area contributed by atoms with Crippen molar-refractivity contribution in [3.8, 4) is 0 Å². The molecule has 0 aliphatic rings. The van der Waals surface area contributed by atoms with Crippen LogP contribution < -0.4 is 5.73 Å². The minimum atomic E-state index is -4.39. The fraction of sp³-hybridized carbons (Fsp3) is 0.628. The summed E-state index contributed by atoms with van der Waals surface area (Å²) in [6.07, 6.45) is 47.5. The number of rotatable bonds is 36. The van der Waals surface area contributed by atoms with Crippen LogP contribution in [0.4, 0.5) is 0 Å². The highest BCUT2D eigenvalue weighted by atomic mass is 31.2. The van der Waals surface area contributed by atoms with Gasteiger partial charge in [-0.05, 0) is 83.5 Å². The summed E-state index contributed by atoms with van der Waals surface area (Å²) in [5.74, 6) is -0.887. The molecule has 3 N–H and O–H groups in total. The molecule has 0 radical (unpaired) electrons. The van der Waals surface area contributed by atoms with Gasteiger partial charge in [0.2, 0.25) is 0 Å². The van der Waals surface area contributed by atoms with E-state index in [1.807, 2.05) is 0 Å². The quantitative estimate of drug-likeness (QED) is 0.0277. The van der Waals surface area contributed by atoms with E-state index in [0.717, 1.165) is 103 Å². The van der Waals surface area contributed by atoms with E-state index in [0.29, 0.717) is 12.8 Å². The lowest BCUT2D eigenvalue weighted by Crippen LogP contribution is -2.29. The number of carbonyl (C=O) groups is 2. The van der Waals surface area contributed by atoms with E-state index in [-0.39, 0.29) is 32.6 Å². The summed E-state index contributed by atoms with van der Waals surface area (Å²) in [5, 5.41) is 0. The van der Waals surface area contributed by atoms with Gasteiger partial charge in [0.15, 0.2) is 6.10 Å². The van der Waals surface area contributed by atoms with Gasteiger partial charge in [0.25, 0.3) is 0 Å². The lowest BCUT2D eigenvalue weighted by Gasteiger charge is -2.19. The first-order valence-electron chi connectivity index (χ1n) is 20.1. The number of phosphoric acid groups is 1. The zero-order chi connectivity index (χ0) is 38.9. The highest BCUT2D eigenvalue weighted by Crippen LogP contribution is 2.43. The van der Waals surface area contributed by atoms with E-state index in [1.165, 1.54) is 0 Å². The Morgan fingerprint density at radius 3 is 1.45 bits per heavy atom. The first-order chi connectivity index (χ1) is 25.8. The van der Waals surface area contributed by atoms with Gasteiger partial charge in [-0.3, -0.25) is 18.6 Å². The van der Waals surface area contributed by atoms with Crippen LogP contribution in [-0.2, 0) is 32.7 Å². The maximum absolute atomic E-state index is 12.5. The first kappa shape index (κ1) is 50.2. The molecule has 0 aromatic carbocycles. The Morgan fingerprint density at radius 2 is 0.981 bits per heavy atom. The van der Waals surface area contributed by atoms with E-state index >= 15 is 0 Å². The molecule has 0 spiro atoms. The van der Waals surface area contributed by atoms with Crippen molar-refractivity contribution in [3.63, 3.8) is 0 Å². The standard InChI is InChI=1S/C43H72NO8P/c1-3-5-7-9-11-13-15-17-19-20-22-23-25-27-29-31-33-35-42(45)49-39-41(40-51-53(47,48)50-38-37-44)52-43(46)36-34-32-30-28-26-24-21-18-16-14-12-10-8-6-4-2/h5-8,11-14,17-19,21-23,41H,3-4,9-10,15-16,20,24-40,44H2,1-2H3,(H,47,48). The normalized spacial score (nSPS) is 14.3. The van der Waals surface area contributed by atoms with Crippen molar-refractivity contribution < 1.29 is 37.6 Å². The summed E-state index contributed by atoms with van der Waals surface area (Å²) in [4.78, 5) is 34.8. The molecule has 10 heteroatoms. The molecule has 0 aliphatic carbocycles. The zero-order valence-corrected chi connectivity index (χ0v) is 33.9.